The molecule has 6 heterocycles. The van der Waals surface area contributed by atoms with Gasteiger partial charge in [-0.2, -0.15) is 0 Å². The Morgan fingerprint density at radius 2 is 0.571 bits per heavy atom. The molecule has 17 aromatic rings. The summed E-state index contributed by atoms with van der Waals surface area (Å²) in [5, 5.41) is 5.60. The van der Waals surface area contributed by atoms with Crippen LogP contribution < -0.4 is 20.7 Å². The molecule has 6 aromatic heterocycles. The first-order chi connectivity index (χ1) is 59.1. The van der Waals surface area contributed by atoms with Gasteiger partial charge in [0.25, 0.3) is 0 Å². The van der Waals surface area contributed by atoms with Gasteiger partial charge < -0.3 is 29.9 Å². The van der Waals surface area contributed by atoms with Crippen LogP contribution in [0.1, 0.15) is 31.9 Å². The van der Waals surface area contributed by atoms with Crippen LogP contribution in [0, 0.1) is 43.3 Å². The van der Waals surface area contributed by atoms with Gasteiger partial charge in [-0.3, -0.25) is 0 Å². The number of aromatic nitrogens is 6. The molecule has 11 aromatic carbocycles. The zero-order valence-electron chi connectivity index (χ0n) is 75.0. The molecule has 0 unspecified atom stereocenters. The molecule has 0 aliphatic heterocycles. The second-order valence-electron chi connectivity index (χ2n) is 35.6. The Bertz CT molecular complexity index is 5690. The maximum absolute atomic E-state index is 4.69. The number of pyridine rings is 6. The summed E-state index contributed by atoms with van der Waals surface area (Å²) in [5.74, 6) is 0. The van der Waals surface area contributed by atoms with Crippen molar-refractivity contribution in [2.45, 2.75) is 112 Å². The van der Waals surface area contributed by atoms with Crippen LogP contribution in [-0.2, 0) is 65.7 Å². The molecule has 0 bridgehead atoms. The zero-order chi connectivity index (χ0) is 87.0. The minimum absolute atomic E-state index is 0. The average molecular weight is 2240 g/mol. The van der Waals surface area contributed by atoms with E-state index in [1.807, 2.05) is 140 Å². The molecule has 0 spiro atoms. The molecule has 0 saturated heterocycles. The number of benzene rings is 11. The normalized spacial score (nSPS) is 11.0. The van der Waals surface area contributed by atoms with Crippen molar-refractivity contribution < 1.29 is 60.3 Å². The summed E-state index contributed by atoms with van der Waals surface area (Å²) in [7, 11) is -5.36. The van der Waals surface area contributed by atoms with E-state index in [0.717, 1.165) is 67.5 Å². The van der Waals surface area contributed by atoms with E-state index in [1.54, 1.807) is 6.20 Å². The molecular formula is C113H110Ir3N6Si4-6. The van der Waals surface area contributed by atoms with E-state index in [0.29, 0.717) is 0 Å². The molecular weight excluding hydrogens is 2130 g/mol. The first kappa shape index (κ1) is 98.9. The van der Waals surface area contributed by atoms with Crippen LogP contribution >= 0.6 is 0 Å². The molecule has 0 N–H and O–H groups in total. The Hall–Kier alpha value is -10.9. The van der Waals surface area contributed by atoms with Gasteiger partial charge in [-0.15, -0.1) is 213 Å². The predicted molar refractivity (Wildman–Crippen MR) is 534 cm³/mol. The number of hydrogen-bond acceptors (Lipinski definition) is 6. The summed E-state index contributed by atoms with van der Waals surface area (Å²) in [6.07, 6.45) is 11.9. The first-order valence-electron chi connectivity index (χ1n) is 42.2. The number of rotatable bonds is 15. The van der Waals surface area contributed by atoms with E-state index in [9.17, 15) is 0 Å². The molecule has 0 aliphatic carbocycles. The van der Waals surface area contributed by atoms with Gasteiger partial charge in [0.15, 0.2) is 0 Å². The topological polar surface area (TPSA) is 77.3 Å². The number of nitrogens with zero attached hydrogens (tertiary/aromatic N) is 6. The second kappa shape index (κ2) is 46.6. The Morgan fingerprint density at radius 3 is 0.897 bits per heavy atom. The Kier molecular flexibility index (Phi) is 36.6. The fourth-order valence-electron chi connectivity index (χ4n) is 13.8. The van der Waals surface area contributed by atoms with Crippen molar-refractivity contribution in [3.05, 3.63) is 424 Å². The van der Waals surface area contributed by atoms with Crippen molar-refractivity contribution in [1.82, 2.24) is 29.9 Å². The zero-order valence-corrected chi connectivity index (χ0v) is 86.2. The number of aryl methyl sites for hydroxylation is 1. The largest absolute Gasteiger partial charge is 0.305 e. The summed E-state index contributed by atoms with van der Waals surface area (Å²) >= 11 is 0. The first-order valence-corrected chi connectivity index (χ1v) is 56.2. The third-order valence-electron chi connectivity index (χ3n) is 21.0. The van der Waals surface area contributed by atoms with Crippen molar-refractivity contribution in [1.29, 1.82) is 0 Å². The van der Waals surface area contributed by atoms with Gasteiger partial charge in [-0.25, -0.2) is 0 Å². The van der Waals surface area contributed by atoms with E-state index in [-0.39, 0.29) is 65.7 Å². The standard InChI is InChI=1S/C21H20N.4C20H20NSi.C12H10N.3Ir/c1-21(2,3)19-14-20(17-12-8-5-9-13-17)22-15-18(19)16-10-6-4-7-11-16;1-22(2,3)20-14-19(17-12-8-5-9-13-17)21-15-18(20)16-10-6-4-7-11-16;3*1-22(2,3)19-12-13-20(21-15-19)18-11-7-10-17(14-18)16-8-5-4-6-9-16;1-10-6-2-3-7-11(10)12-8-4-5-9-13-12;;;/h2*4-12,14-15H,1-3H3;3*4-10,12-15H,1-3H3;2-6,8-9H,1H3;;;/q6*-1;;;. The summed E-state index contributed by atoms with van der Waals surface area (Å²) in [6, 6.07) is 136. The molecule has 0 saturated carbocycles. The molecule has 641 valence electrons. The van der Waals surface area contributed by atoms with Crippen molar-refractivity contribution >= 4 is 53.0 Å². The van der Waals surface area contributed by atoms with Gasteiger partial charge in [0, 0.05) is 103 Å². The summed E-state index contributed by atoms with van der Waals surface area (Å²) in [6.45, 7) is 37.0. The summed E-state index contributed by atoms with van der Waals surface area (Å²) in [5.41, 5.74) is 27.0. The number of hydrogen-bond donors (Lipinski definition) is 0. The SMILES string of the molecule is CC(C)(C)c1cc(-c2[c-]cccc2)ncc1-c1ccccc1.C[Si](C)(C)c1cc(-c2[c-]cccc2)ncc1-c1ccccc1.C[Si](C)(C)c1ccc(-c2[c-]ccc(-c3ccccc3)c2)nc1.C[Si](C)(C)c1ccc(-c2[c-]ccc(-c3ccccc3)c2)nc1.C[Si](C)(C)c1ccc(-c2[c-]ccc(-c3ccccc3)c2)nc1.Cc1ccc[c-]c1-c1ccccn1.[Ir].[Ir].[Ir]. The van der Waals surface area contributed by atoms with E-state index in [1.165, 1.54) is 87.5 Å². The van der Waals surface area contributed by atoms with Gasteiger partial charge in [-0.05, 0) is 100 Å². The molecule has 126 heavy (non-hydrogen) atoms. The molecule has 3 radical (unpaired) electrons. The quantitative estimate of drug-likeness (QED) is 0.0752. The van der Waals surface area contributed by atoms with Gasteiger partial charge in [0.2, 0.25) is 0 Å². The minimum Gasteiger partial charge on any atom is -0.305 e. The Labute approximate surface area is 795 Å². The molecule has 0 fully saturated rings. The van der Waals surface area contributed by atoms with Crippen molar-refractivity contribution in [3.63, 3.8) is 0 Å². The van der Waals surface area contributed by atoms with Gasteiger partial charge in [0.1, 0.15) is 0 Å². The van der Waals surface area contributed by atoms with Crippen molar-refractivity contribution in [2.24, 2.45) is 0 Å². The predicted octanol–water partition coefficient (Wildman–Crippen LogP) is 27.4. The third-order valence-corrected chi connectivity index (χ3v) is 29.1. The molecule has 0 amide bonds. The Balaban J connectivity index is 0.000000171. The van der Waals surface area contributed by atoms with Crippen LogP contribution in [0.15, 0.2) is 377 Å². The molecule has 17 rings (SSSR count). The van der Waals surface area contributed by atoms with Crippen molar-refractivity contribution in [2.75, 3.05) is 0 Å². The molecule has 0 atom stereocenters. The molecule has 6 nitrogen and oxygen atoms in total. The van der Waals surface area contributed by atoms with E-state index in [2.05, 4.69) is 398 Å². The summed E-state index contributed by atoms with van der Waals surface area (Å²) < 4.78 is 0. The average Bonchev–Trinajstić information content (AvgIpc) is 0.796. The van der Waals surface area contributed by atoms with Crippen LogP contribution in [-0.4, -0.2) is 62.2 Å². The smallest absolute Gasteiger partial charge is 0.0795 e. The maximum Gasteiger partial charge on any atom is 0.0795 e. The van der Waals surface area contributed by atoms with Crippen LogP contribution in [0.2, 0.25) is 78.6 Å². The van der Waals surface area contributed by atoms with E-state index >= 15 is 0 Å². The van der Waals surface area contributed by atoms with E-state index < -0.39 is 32.3 Å². The fraction of sp³-hybridized carbons (Fsp3) is 0.150. The summed E-state index contributed by atoms with van der Waals surface area (Å²) in [4.78, 5) is 27.6. The Morgan fingerprint density at radius 1 is 0.238 bits per heavy atom. The monoisotopic (exact) mass is 2240 g/mol. The fourth-order valence-corrected chi connectivity index (χ4v) is 18.5. The van der Waals surface area contributed by atoms with Gasteiger partial charge in [0.05, 0.1) is 32.3 Å². The maximum atomic E-state index is 4.69. The third kappa shape index (κ3) is 28.3. The second-order valence-corrected chi connectivity index (χ2v) is 55.8. The van der Waals surface area contributed by atoms with Gasteiger partial charge >= 0.3 is 0 Å². The molecule has 13 heteroatoms. The van der Waals surface area contributed by atoms with Crippen LogP contribution in [0.25, 0.3) is 123 Å². The van der Waals surface area contributed by atoms with E-state index in [4.69, 9.17) is 4.98 Å². The van der Waals surface area contributed by atoms with Gasteiger partial charge in [-0.1, -0.05) is 324 Å². The van der Waals surface area contributed by atoms with Crippen LogP contribution in [0.5, 0.6) is 0 Å². The molecule has 0 aliphatic rings. The van der Waals surface area contributed by atoms with Crippen LogP contribution in [0.3, 0.4) is 0 Å². The van der Waals surface area contributed by atoms with Crippen molar-refractivity contribution in [3.8, 4) is 123 Å². The van der Waals surface area contributed by atoms with Crippen LogP contribution in [0.4, 0.5) is 0 Å². The minimum atomic E-state index is -1.48.